The Labute approximate surface area is 140 Å². The summed E-state index contributed by atoms with van der Waals surface area (Å²) in [5.74, 6) is 1.79. The van der Waals surface area contributed by atoms with Gasteiger partial charge < -0.3 is 14.2 Å². The molecule has 0 aromatic heterocycles. The number of nitrogens with zero attached hydrogens (tertiary/aromatic N) is 1. The van der Waals surface area contributed by atoms with Gasteiger partial charge in [-0.2, -0.15) is 5.10 Å². The second-order valence-electron chi connectivity index (χ2n) is 5.15. The summed E-state index contributed by atoms with van der Waals surface area (Å²) in [7, 11) is 1.59. The lowest BCUT2D eigenvalue weighted by atomic mass is 10.0. The van der Waals surface area contributed by atoms with E-state index in [0.29, 0.717) is 18.8 Å². The monoisotopic (exact) mass is 326 g/mol. The third-order valence-corrected chi connectivity index (χ3v) is 3.54. The third-order valence-electron chi connectivity index (χ3n) is 3.54. The van der Waals surface area contributed by atoms with Crippen LogP contribution in [0.1, 0.15) is 12.0 Å². The van der Waals surface area contributed by atoms with Crippen molar-refractivity contribution >= 4 is 11.6 Å². The molecule has 124 valence electrons. The fourth-order valence-corrected chi connectivity index (χ4v) is 2.32. The van der Waals surface area contributed by atoms with E-state index in [0.717, 1.165) is 22.8 Å². The Morgan fingerprint density at radius 1 is 1.17 bits per heavy atom. The van der Waals surface area contributed by atoms with Gasteiger partial charge in [0.2, 0.25) is 0 Å². The first-order chi connectivity index (χ1) is 11.8. The molecule has 0 fully saturated rings. The Balaban J connectivity index is 1.55. The fraction of sp³-hybridized carbons (Fsp3) is 0.222. The number of hydrogen-bond donors (Lipinski definition) is 1. The number of amides is 1. The zero-order valence-corrected chi connectivity index (χ0v) is 13.3. The number of para-hydroxylation sites is 1. The van der Waals surface area contributed by atoms with Gasteiger partial charge in [-0.15, -0.1) is 0 Å². The van der Waals surface area contributed by atoms with E-state index in [1.807, 2.05) is 24.3 Å². The number of nitrogens with one attached hydrogen (secondary N) is 1. The predicted molar refractivity (Wildman–Crippen MR) is 89.7 cm³/mol. The lowest BCUT2D eigenvalue weighted by molar-refractivity contribution is -0.123. The number of benzene rings is 2. The largest absolute Gasteiger partial charge is 0.497 e. The molecule has 0 saturated carbocycles. The number of carbonyl (C=O) groups is 1. The molecule has 6 nitrogen and oxygen atoms in total. The lowest BCUT2D eigenvalue weighted by Crippen LogP contribution is -2.27. The van der Waals surface area contributed by atoms with E-state index in [1.165, 1.54) is 0 Å². The van der Waals surface area contributed by atoms with Crippen LogP contribution in [-0.4, -0.2) is 31.9 Å². The molecular formula is C18H18N2O4. The standard InChI is InChI=1S/C18H18N2O4/c1-22-13-6-8-14(9-7-13)24-12-18(21)20-19-16-10-11-23-17-5-3-2-4-15(16)17/h2-9H,10-12H2,1H3,(H,20,21)/b19-16-. The first-order valence-corrected chi connectivity index (χ1v) is 7.61. The maximum atomic E-state index is 11.9. The topological polar surface area (TPSA) is 69.2 Å². The van der Waals surface area contributed by atoms with Crippen molar-refractivity contribution < 1.29 is 19.0 Å². The fourth-order valence-electron chi connectivity index (χ4n) is 2.32. The minimum Gasteiger partial charge on any atom is -0.497 e. The van der Waals surface area contributed by atoms with Gasteiger partial charge in [0.1, 0.15) is 17.2 Å². The second-order valence-corrected chi connectivity index (χ2v) is 5.15. The number of rotatable bonds is 5. The minimum absolute atomic E-state index is 0.110. The summed E-state index contributed by atoms with van der Waals surface area (Å²) in [4.78, 5) is 11.9. The minimum atomic E-state index is -0.317. The molecule has 1 amide bonds. The van der Waals surface area contributed by atoms with E-state index in [2.05, 4.69) is 10.5 Å². The van der Waals surface area contributed by atoms with Crippen LogP contribution in [0, 0.1) is 0 Å². The smallest absolute Gasteiger partial charge is 0.277 e. The van der Waals surface area contributed by atoms with Crippen LogP contribution in [-0.2, 0) is 4.79 Å². The van der Waals surface area contributed by atoms with Gasteiger partial charge >= 0.3 is 0 Å². The second kappa shape index (κ2) is 7.50. The Morgan fingerprint density at radius 3 is 2.71 bits per heavy atom. The van der Waals surface area contributed by atoms with Gasteiger partial charge in [-0.1, -0.05) is 12.1 Å². The van der Waals surface area contributed by atoms with E-state index < -0.39 is 0 Å². The van der Waals surface area contributed by atoms with Crippen molar-refractivity contribution in [3.05, 3.63) is 54.1 Å². The van der Waals surface area contributed by atoms with Crippen LogP contribution in [0.2, 0.25) is 0 Å². The van der Waals surface area contributed by atoms with Crippen LogP contribution in [0.5, 0.6) is 17.2 Å². The van der Waals surface area contributed by atoms with Crippen molar-refractivity contribution in [2.75, 3.05) is 20.3 Å². The molecule has 0 spiro atoms. The average molecular weight is 326 g/mol. The van der Waals surface area contributed by atoms with Crippen molar-refractivity contribution in [3.63, 3.8) is 0 Å². The zero-order chi connectivity index (χ0) is 16.8. The maximum Gasteiger partial charge on any atom is 0.277 e. The molecule has 1 N–H and O–H groups in total. The van der Waals surface area contributed by atoms with Crippen molar-refractivity contribution in [1.29, 1.82) is 0 Å². The van der Waals surface area contributed by atoms with E-state index >= 15 is 0 Å². The van der Waals surface area contributed by atoms with Crippen molar-refractivity contribution in [2.24, 2.45) is 5.10 Å². The molecule has 6 heteroatoms. The SMILES string of the molecule is COc1ccc(OCC(=O)N/N=C2/CCOc3ccccc32)cc1. The number of hydrogen-bond acceptors (Lipinski definition) is 5. The molecule has 1 aliphatic rings. The predicted octanol–water partition coefficient (Wildman–Crippen LogP) is 2.38. The highest BCUT2D eigenvalue weighted by atomic mass is 16.5. The number of carbonyl (C=O) groups excluding carboxylic acids is 1. The van der Waals surface area contributed by atoms with Crippen LogP contribution in [0.25, 0.3) is 0 Å². The van der Waals surface area contributed by atoms with E-state index in [-0.39, 0.29) is 12.5 Å². The summed E-state index contributed by atoms with van der Waals surface area (Å²) >= 11 is 0. The number of ether oxygens (including phenoxy) is 3. The molecule has 2 aromatic carbocycles. The molecule has 0 saturated heterocycles. The number of fused-ring (bicyclic) bond motifs is 1. The summed E-state index contributed by atoms with van der Waals surface area (Å²) in [5.41, 5.74) is 4.23. The zero-order valence-electron chi connectivity index (χ0n) is 13.3. The van der Waals surface area contributed by atoms with Crippen molar-refractivity contribution in [1.82, 2.24) is 5.43 Å². The van der Waals surface area contributed by atoms with E-state index in [9.17, 15) is 4.79 Å². The van der Waals surface area contributed by atoms with Gasteiger partial charge in [0.05, 0.1) is 19.4 Å². The molecule has 24 heavy (non-hydrogen) atoms. The molecule has 0 aliphatic carbocycles. The van der Waals surface area contributed by atoms with Gasteiger partial charge in [-0.3, -0.25) is 4.79 Å². The molecule has 0 bridgehead atoms. The Hall–Kier alpha value is -3.02. The summed E-state index contributed by atoms with van der Waals surface area (Å²) in [6, 6.07) is 14.7. The van der Waals surface area contributed by atoms with Gasteiger partial charge in [0.25, 0.3) is 5.91 Å². The molecule has 0 radical (unpaired) electrons. The van der Waals surface area contributed by atoms with Crippen LogP contribution < -0.4 is 19.6 Å². The summed E-state index contributed by atoms with van der Waals surface area (Å²) in [6.45, 7) is 0.440. The van der Waals surface area contributed by atoms with E-state index in [1.54, 1.807) is 31.4 Å². The number of methoxy groups -OCH3 is 1. The Morgan fingerprint density at radius 2 is 1.92 bits per heavy atom. The highest BCUT2D eigenvalue weighted by molar-refractivity contribution is 6.04. The van der Waals surface area contributed by atoms with E-state index in [4.69, 9.17) is 14.2 Å². The average Bonchev–Trinajstić information content (AvgIpc) is 2.65. The quantitative estimate of drug-likeness (QED) is 0.857. The Bertz CT molecular complexity index is 741. The maximum absolute atomic E-state index is 11.9. The summed E-state index contributed by atoms with van der Waals surface area (Å²) < 4.78 is 16.0. The molecule has 0 unspecified atom stereocenters. The Kier molecular flexibility index (Phi) is 4.96. The summed E-state index contributed by atoms with van der Waals surface area (Å²) in [6.07, 6.45) is 0.649. The van der Waals surface area contributed by atoms with Gasteiger partial charge in [-0.25, -0.2) is 5.43 Å². The third kappa shape index (κ3) is 3.84. The van der Waals surface area contributed by atoms with Gasteiger partial charge in [0.15, 0.2) is 6.61 Å². The van der Waals surface area contributed by atoms with Crippen LogP contribution >= 0.6 is 0 Å². The highest BCUT2D eigenvalue weighted by Gasteiger charge is 2.16. The van der Waals surface area contributed by atoms with Gasteiger partial charge in [0, 0.05) is 12.0 Å². The van der Waals surface area contributed by atoms with Crippen LogP contribution in [0.4, 0.5) is 0 Å². The first-order valence-electron chi connectivity index (χ1n) is 7.61. The molecular weight excluding hydrogens is 308 g/mol. The summed E-state index contributed by atoms with van der Waals surface area (Å²) in [5, 5.41) is 4.20. The molecule has 1 heterocycles. The number of hydrazone groups is 1. The molecule has 2 aromatic rings. The van der Waals surface area contributed by atoms with Crippen LogP contribution in [0.3, 0.4) is 0 Å². The molecule has 0 atom stereocenters. The first kappa shape index (κ1) is 15.9. The van der Waals surface area contributed by atoms with Gasteiger partial charge in [-0.05, 0) is 36.4 Å². The molecule has 3 rings (SSSR count). The highest BCUT2D eigenvalue weighted by Crippen LogP contribution is 2.24. The van der Waals surface area contributed by atoms with Crippen LogP contribution in [0.15, 0.2) is 53.6 Å². The van der Waals surface area contributed by atoms with Crippen molar-refractivity contribution in [3.8, 4) is 17.2 Å². The normalized spacial score (nSPS) is 14.5. The lowest BCUT2D eigenvalue weighted by Gasteiger charge is -2.18. The molecule has 1 aliphatic heterocycles. The van der Waals surface area contributed by atoms with Crippen molar-refractivity contribution in [2.45, 2.75) is 6.42 Å².